The second-order valence-corrected chi connectivity index (χ2v) is 8.19. The molecule has 0 amide bonds. The largest absolute Gasteiger partial charge is 0.383 e. The van der Waals surface area contributed by atoms with Crippen LogP contribution in [0.4, 0.5) is 10.9 Å². The van der Waals surface area contributed by atoms with E-state index in [-0.39, 0.29) is 0 Å². The van der Waals surface area contributed by atoms with Gasteiger partial charge in [0, 0.05) is 6.42 Å². The molecule has 5 N–H and O–H groups in total. The van der Waals surface area contributed by atoms with E-state index in [1.165, 1.54) is 30.6 Å². The molecule has 0 saturated heterocycles. The predicted octanol–water partition coefficient (Wildman–Crippen LogP) is 3.48. The number of nitrogens with one attached hydrogen (secondary N) is 1. The van der Waals surface area contributed by atoms with Gasteiger partial charge in [-0.15, -0.1) is 11.8 Å². The number of aliphatic imine (C=N–C) groups is 1. The maximum atomic E-state index is 6.15. The van der Waals surface area contributed by atoms with E-state index in [1.54, 1.807) is 0 Å². The van der Waals surface area contributed by atoms with Crippen LogP contribution < -0.4 is 16.8 Å². The SMILES string of the molecule is CCCCCSC1(CC(C)C)N=C(N)c2sc(N)nc2N1. The van der Waals surface area contributed by atoms with E-state index in [0.717, 1.165) is 22.9 Å². The highest BCUT2D eigenvalue weighted by molar-refractivity contribution is 8.00. The number of fused-ring (bicyclic) bond motifs is 1. The van der Waals surface area contributed by atoms with Crippen LogP contribution in [-0.2, 0) is 0 Å². The first-order valence-electron chi connectivity index (χ1n) is 7.50. The highest BCUT2D eigenvalue weighted by Crippen LogP contribution is 2.41. The highest BCUT2D eigenvalue weighted by atomic mass is 32.2. The van der Waals surface area contributed by atoms with Crippen molar-refractivity contribution >= 4 is 39.9 Å². The molecule has 5 nitrogen and oxygen atoms in total. The smallest absolute Gasteiger partial charge is 0.182 e. The summed E-state index contributed by atoms with van der Waals surface area (Å²) in [6.45, 7) is 6.62. The lowest BCUT2D eigenvalue weighted by Gasteiger charge is -2.35. The van der Waals surface area contributed by atoms with Crippen LogP contribution in [0.2, 0.25) is 0 Å². The van der Waals surface area contributed by atoms with Crippen LogP contribution >= 0.6 is 23.1 Å². The number of nitrogens with zero attached hydrogens (tertiary/aromatic N) is 2. The Balaban J connectivity index is 2.19. The lowest BCUT2D eigenvalue weighted by molar-refractivity contribution is 0.495. The Kier molecular flexibility index (Phi) is 5.37. The number of nitrogen functional groups attached to an aromatic ring is 1. The van der Waals surface area contributed by atoms with Gasteiger partial charge in [-0.05, 0) is 18.1 Å². The molecule has 0 saturated carbocycles. The average Bonchev–Trinajstić information content (AvgIpc) is 2.75. The first-order valence-corrected chi connectivity index (χ1v) is 9.30. The fourth-order valence-corrected chi connectivity index (χ4v) is 4.58. The quantitative estimate of drug-likeness (QED) is 0.667. The second-order valence-electron chi connectivity index (χ2n) is 5.79. The number of nitrogens with two attached hydrogens (primary N) is 2. The average molecular weight is 328 g/mol. The Morgan fingerprint density at radius 1 is 1.33 bits per heavy atom. The molecule has 0 radical (unpaired) electrons. The normalized spacial score (nSPS) is 21.0. The van der Waals surface area contributed by atoms with Crippen molar-refractivity contribution in [1.29, 1.82) is 0 Å². The number of anilines is 2. The van der Waals surface area contributed by atoms with Crippen LogP contribution in [0.3, 0.4) is 0 Å². The summed E-state index contributed by atoms with van der Waals surface area (Å²) in [6.07, 6.45) is 4.59. The number of thiazole rings is 1. The fourth-order valence-electron chi connectivity index (χ4n) is 2.42. The molecule has 2 heterocycles. The van der Waals surface area contributed by atoms with Gasteiger partial charge in [0.1, 0.15) is 10.7 Å². The van der Waals surface area contributed by atoms with Gasteiger partial charge < -0.3 is 16.8 Å². The molecule has 7 heteroatoms. The van der Waals surface area contributed by atoms with E-state index in [4.69, 9.17) is 16.5 Å². The summed E-state index contributed by atoms with van der Waals surface area (Å²) < 4.78 is 0. The van der Waals surface area contributed by atoms with Crippen LogP contribution in [0.1, 0.15) is 51.3 Å². The van der Waals surface area contributed by atoms with Crippen molar-refractivity contribution in [2.45, 2.75) is 51.4 Å². The zero-order chi connectivity index (χ0) is 15.5. The molecule has 0 bridgehead atoms. The Labute approximate surface area is 135 Å². The minimum absolute atomic E-state index is 0.403. The first-order chi connectivity index (χ1) is 9.96. The predicted molar refractivity (Wildman–Crippen MR) is 95.0 cm³/mol. The summed E-state index contributed by atoms with van der Waals surface area (Å²) in [7, 11) is 0. The maximum absolute atomic E-state index is 6.15. The second kappa shape index (κ2) is 6.87. The number of rotatable bonds is 7. The number of hydrogen-bond acceptors (Lipinski definition) is 7. The van der Waals surface area contributed by atoms with Crippen LogP contribution in [-0.4, -0.2) is 21.6 Å². The number of amidine groups is 1. The zero-order valence-electron chi connectivity index (χ0n) is 13.0. The molecular weight excluding hydrogens is 302 g/mol. The van der Waals surface area contributed by atoms with E-state index >= 15 is 0 Å². The standard InChI is InChI=1S/C14H25N5S2/c1-4-5-6-7-20-14(8-9(2)3)18-11(15)10-12(19-14)17-13(16)21-10/h9,19H,4-8H2,1-3H3,(H2,15,18)(H2,16,17). The molecular formula is C14H25N5S2. The third-order valence-corrected chi connectivity index (χ3v) is 5.50. The molecule has 21 heavy (non-hydrogen) atoms. The van der Waals surface area contributed by atoms with Crippen molar-refractivity contribution in [3.05, 3.63) is 4.88 Å². The van der Waals surface area contributed by atoms with Crippen molar-refractivity contribution < 1.29 is 0 Å². The summed E-state index contributed by atoms with van der Waals surface area (Å²) in [5.74, 6) is 2.93. The monoisotopic (exact) mass is 327 g/mol. The first kappa shape index (κ1) is 16.4. The van der Waals surface area contributed by atoms with Crippen LogP contribution in [0.15, 0.2) is 4.99 Å². The van der Waals surface area contributed by atoms with Gasteiger partial charge in [0.15, 0.2) is 15.9 Å². The number of thioether (sulfide) groups is 1. The lowest BCUT2D eigenvalue weighted by atomic mass is 10.1. The lowest BCUT2D eigenvalue weighted by Crippen LogP contribution is -2.41. The van der Waals surface area contributed by atoms with Gasteiger partial charge in [-0.2, -0.15) is 0 Å². The van der Waals surface area contributed by atoms with E-state index in [2.05, 4.69) is 31.1 Å². The molecule has 1 aliphatic heterocycles. The van der Waals surface area contributed by atoms with Crippen molar-refractivity contribution in [1.82, 2.24) is 4.98 Å². The Bertz CT molecular complexity index is 511. The fraction of sp³-hybridized carbons (Fsp3) is 0.714. The molecule has 2 rings (SSSR count). The van der Waals surface area contributed by atoms with Crippen molar-refractivity contribution in [3.63, 3.8) is 0 Å². The van der Waals surface area contributed by atoms with E-state index in [9.17, 15) is 0 Å². The minimum atomic E-state index is -0.403. The van der Waals surface area contributed by atoms with Crippen molar-refractivity contribution in [2.75, 3.05) is 16.8 Å². The van der Waals surface area contributed by atoms with Gasteiger partial charge in [0.25, 0.3) is 0 Å². The zero-order valence-corrected chi connectivity index (χ0v) is 14.6. The summed E-state index contributed by atoms with van der Waals surface area (Å²) in [4.78, 5) is 9.59. The molecule has 0 fully saturated rings. The third-order valence-electron chi connectivity index (χ3n) is 3.26. The molecule has 1 atom stereocenters. The molecule has 1 aliphatic rings. The van der Waals surface area contributed by atoms with Crippen molar-refractivity contribution in [2.24, 2.45) is 16.6 Å². The molecule has 1 aromatic heterocycles. The summed E-state index contributed by atoms with van der Waals surface area (Å²) in [5.41, 5.74) is 12.0. The topological polar surface area (TPSA) is 89.3 Å². The summed E-state index contributed by atoms with van der Waals surface area (Å²) >= 11 is 3.22. The van der Waals surface area contributed by atoms with Crippen LogP contribution in [0.25, 0.3) is 0 Å². The molecule has 0 spiro atoms. The van der Waals surface area contributed by atoms with E-state index < -0.39 is 4.99 Å². The van der Waals surface area contributed by atoms with Crippen molar-refractivity contribution in [3.8, 4) is 0 Å². The van der Waals surface area contributed by atoms with Gasteiger partial charge in [-0.25, -0.2) is 9.98 Å². The third kappa shape index (κ3) is 4.03. The van der Waals surface area contributed by atoms with Gasteiger partial charge in [0.05, 0.1) is 0 Å². The molecule has 0 aliphatic carbocycles. The Hall–Kier alpha value is -0.950. The number of hydrogen-bond donors (Lipinski definition) is 3. The van der Waals surface area contributed by atoms with Crippen LogP contribution in [0, 0.1) is 5.92 Å². The number of unbranched alkanes of at least 4 members (excludes halogenated alkanes) is 2. The summed E-state index contributed by atoms with van der Waals surface area (Å²) in [5, 5.41) is 4.01. The summed E-state index contributed by atoms with van der Waals surface area (Å²) in [6, 6.07) is 0. The maximum Gasteiger partial charge on any atom is 0.182 e. The van der Waals surface area contributed by atoms with E-state index in [1.807, 2.05) is 11.8 Å². The van der Waals surface area contributed by atoms with Gasteiger partial charge >= 0.3 is 0 Å². The molecule has 1 unspecified atom stereocenters. The van der Waals surface area contributed by atoms with Gasteiger partial charge in [-0.3, -0.25) is 0 Å². The minimum Gasteiger partial charge on any atom is -0.383 e. The molecule has 1 aromatic rings. The molecule has 0 aromatic carbocycles. The number of aromatic nitrogens is 1. The van der Waals surface area contributed by atoms with E-state index in [0.29, 0.717) is 16.9 Å². The Morgan fingerprint density at radius 2 is 2.10 bits per heavy atom. The van der Waals surface area contributed by atoms with Gasteiger partial charge in [0.2, 0.25) is 0 Å². The highest BCUT2D eigenvalue weighted by Gasteiger charge is 2.37. The van der Waals surface area contributed by atoms with Gasteiger partial charge in [-0.1, -0.05) is 44.9 Å². The van der Waals surface area contributed by atoms with Crippen LogP contribution in [0.5, 0.6) is 0 Å². The Morgan fingerprint density at radius 3 is 2.76 bits per heavy atom. The molecule has 118 valence electrons.